The molecule has 0 unspecified atom stereocenters. The molecule has 1 fully saturated rings. The molecule has 0 radical (unpaired) electrons. The van der Waals surface area contributed by atoms with Crippen LogP contribution in [0.5, 0.6) is 0 Å². The van der Waals surface area contributed by atoms with E-state index in [4.69, 9.17) is 11.6 Å². The number of hydrogen-bond donors (Lipinski definition) is 1. The maximum Gasteiger partial charge on any atom is 0.252 e. The topological polar surface area (TPSA) is 83.6 Å². The van der Waals surface area contributed by atoms with Crippen LogP contribution in [0.4, 0.5) is 0 Å². The molecule has 0 spiro atoms. The first-order valence-corrected chi connectivity index (χ1v) is 14.6. The van der Waals surface area contributed by atoms with Gasteiger partial charge >= 0.3 is 0 Å². The Morgan fingerprint density at radius 2 is 1.62 bits per heavy atom. The van der Waals surface area contributed by atoms with Gasteiger partial charge in [0.2, 0.25) is 0 Å². The summed E-state index contributed by atoms with van der Waals surface area (Å²) in [5.41, 5.74) is 1.18. The van der Waals surface area contributed by atoms with Crippen molar-refractivity contribution in [3.63, 3.8) is 0 Å². The van der Waals surface area contributed by atoms with Gasteiger partial charge < -0.3 is 5.32 Å². The van der Waals surface area contributed by atoms with Crippen LogP contribution in [0.15, 0.2) is 83.1 Å². The molecule has 3 aromatic carbocycles. The highest BCUT2D eigenvalue weighted by Crippen LogP contribution is 2.31. The molecular formula is C28H25ClN2O4S2. The number of piperidine rings is 1. The smallest absolute Gasteiger partial charge is 0.252 e. The number of Topliss-reactive ketones (excluding diaryl/α,β-unsaturated/α-hetero) is 1. The number of ketones is 1. The molecule has 0 saturated carbocycles. The van der Waals surface area contributed by atoms with E-state index >= 15 is 0 Å². The zero-order chi connectivity index (χ0) is 26.0. The van der Waals surface area contributed by atoms with Crippen LogP contribution in [-0.2, 0) is 16.6 Å². The molecule has 6 nitrogen and oxygen atoms in total. The quantitative estimate of drug-likeness (QED) is 0.295. The van der Waals surface area contributed by atoms with E-state index in [1.54, 1.807) is 36.4 Å². The minimum absolute atomic E-state index is 0.0729. The van der Waals surface area contributed by atoms with Crippen LogP contribution >= 0.6 is 22.9 Å². The van der Waals surface area contributed by atoms with E-state index in [-0.39, 0.29) is 28.4 Å². The van der Waals surface area contributed by atoms with Gasteiger partial charge in [0.15, 0.2) is 5.78 Å². The average molecular weight is 553 g/mol. The number of thiophene rings is 1. The van der Waals surface area contributed by atoms with Gasteiger partial charge in [-0.15, -0.1) is 11.3 Å². The van der Waals surface area contributed by atoms with E-state index in [2.05, 4.69) is 5.32 Å². The highest BCUT2D eigenvalue weighted by molar-refractivity contribution is 7.91. The van der Waals surface area contributed by atoms with Crippen molar-refractivity contribution in [2.45, 2.75) is 23.6 Å². The number of rotatable bonds is 7. The number of nitrogens with zero attached hydrogens (tertiary/aromatic N) is 1. The summed E-state index contributed by atoms with van der Waals surface area (Å²) in [7, 11) is -3.67. The van der Waals surface area contributed by atoms with Gasteiger partial charge in [-0.05, 0) is 60.0 Å². The summed E-state index contributed by atoms with van der Waals surface area (Å²) >= 11 is 7.01. The van der Waals surface area contributed by atoms with E-state index in [0.29, 0.717) is 42.1 Å². The Balaban J connectivity index is 1.20. The third kappa shape index (κ3) is 5.48. The van der Waals surface area contributed by atoms with Crippen LogP contribution in [0.2, 0.25) is 5.02 Å². The fourth-order valence-electron chi connectivity index (χ4n) is 4.61. The number of hydrogen-bond acceptors (Lipinski definition) is 5. The summed E-state index contributed by atoms with van der Waals surface area (Å²) in [5, 5.41) is 5.31. The van der Waals surface area contributed by atoms with Crippen molar-refractivity contribution >= 4 is 55.4 Å². The Hall–Kier alpha value is -3.04. The first-order chi connectivity index (χ1) is 17.8. The summed E-state index contributed by atoms with van der Waals surface area (Å²) in [4.78, 5) is 26.4. The first-order valence-electron chi connectivity index (χ1n) is 12.0. The third-order valence-corrected chi connectivity index (χ3v) is 10.3. The highest BCUT2D eigenvalue weighted by atomic mass is 35.5. The molecule has 2 heterocycles. The number of benzene rings is 3. The third-order valence-electron chi connectivity index (χ3n) is 6.64. The fourth-order valence-corrected chi connectivity index (χ4v) is 7.65. The van der Waals surface area contributed by atoms with Crippen LogP contribution in [0.1, 0.15) is 38.4 Å². The molecule has 1 N–H and O–H groups in total. The summed E-state index contributed by atoms with van der Waals surface area (Å²) in [5.74, 6) is -0.393. The minimum atomic E-state index is -3.67. The van der Waals surface area contributed by atoms with Crippen molar-refractivity contribution in [3.8, 4) is 0 Å². The molecular weight excluding hydrogens is 528 g/mol. The number of nitrogens with one attached hydrogen (secondary N) is 1. The van der Waals surface area contributed by atoms with Crippen molar-refractivity contribution < 1.29 is 18.0 Å². The molecule has 0 atom stereocenters. The van der Waals surface area contributed by atoms with E-state index in [1.165, 1.54) is 4.31 Å². The fraction of sp³-hybridized carbons (Fsp3) is 0.214. The monoisotopic (exact) mass is 552 g/mol. The Labute approximate surface area is 224 Å². The Bertz CT molecular complexity index is 1550. The van der Waals surface area contributed by atoms with E-state index in [0.717, 1.165) is 27.0 Å². The molecule has 37 heavy (non-hydrogen) atoms. The van der Waals surface area contributed by atoms with E-state index in [1.807, 2.05) is 42.5 Å². The Morgan fingerprint density at radius 3 is 2.38 bits per heavy atom. The standard InChI is InChI=1S/C28H25ClN2O4S2/c29-22-10-8-21(9-11-22)28(33)30-18-23-12-13-26(36-23)37(34,35)31-16-14-20(15-17-31)27(32)25-7-3-5-19-4-1-2-6-24(19)25/h1-13,20H,14-18H2,(H,30,33). The summed E-state index contributed by atoms with van der Waals surface area (Å²) in [6.07, 6.45) is 0.966. The van der Waals surface area contributed by atoms with Crippen molar-refractivity contribution in [1.82, 2.24) is 9.62 Å². The molecule has 1 aliphatic rings. The lowest BCUT2D eigenvalue weighted by Crippen LogP contribution is -2.40. The van der Waals surface area contributed by atoms with Crippen LogP contribution in [-0.4, -0.2) is 37.5 Å². The maximum atomic E-state index is 13.3. The van der Waals surface area contributed by atoms with Crippen molar-refractivity contribution in [2.24, 2.45) is 5.92 Å². The summed E-state index contributed by atoms with van der Waals surface area (Å²) < 4.78 is 28.2. The maximum absolute atomic E-state index is 13.3. The lowest BCUT2D eigenvalue weighted by Gasteiger charge is -2.30. The molecule has 5 rings (SSSR count). The number of carbonyl (C=O) groups is 2. The van der Waals surface area contributed by atoms with Gasteiger partial charge in [0.05, 0.1) is 6.54 Å². The molecule has 9 heteroatoms. The second-order valence-corrected chi connectivity index (χ2v) is 12.7. The average Bonchev–Trinajstić information content (AvgIpc) is 3.42. The van der Waals surface area contributed by atoms with Gasteiger partial charge in [-0.25, -0.2) is 8.42 Å². The van der Waals surface area contributed by atoms with Crippen LogP contribution in [0, 0.1) is 5.92 Å². The largest absolute Gasteiger partial charge is 0.347 e. The molecule has 4 aromatic rings. The number of fused-ring (bicyclic) bond motifs is 1. The molecule has 190 valence electrons. The highest BCUT2D eigenvalue weighted by Gasteiger charge is 2.33. The van der Waals surface area contributed by atoms with Crippen LogP contribution < -0.4 is 5.32 Å². The Kier molecular flexibility index (Phi) is 7.44. The van der Waals surface area contributed by atoms with Gasteiger partial charge in [0.25, 0.3) is 15.9 Å². The minimum Gasteiger partial charge on any atom is -0.347 e. The zero-order valence-corrected chi connectivity index (χ0v) is 22.3. The predicted octanol–water partition coefficient (Wildman–Crippen LogP) is 5.77. The molecule has 1 aromatic heterocycles. The summed E-state index contributed by atoms with van der Waals surface area (Å²) in [6.45, 7) is 0.817. The second kappa shape index (κ2) is 10.8. The summed E-state index contributed by atoms with van der Waals surface area (Å²) in [6, 6.07) is 23.4. The number of carbonyl (C=O) groups excluding carboxylic acids is 2. The second-order valence-electron chi connectivity index (χ2n) is 8.98. The van der Waals surface area contributed by atoms with E-state index < -0.39 is 10.0 Å². The SMILES string of the molecule is O=C(NCc1ccc(S(=O)(=O)N2CCC(C(=O)c3cccc4ccccc34)CC2)s1)c1ccc(Cl)cc1. The van der Waals surface area contributed by atoms with Crippen molar-refractivity contribution in [3.05, 3.63) is 99.9 Å². The first kappa shape index (κ1) is 25.6. The number of amides is 1. The normalized spacial score (nSPS) is 15.1. The van der Waals surface area contributed by atoms with E-state index in [9.17, 15) is 18.0 Å². The van der Waals surface area contributed by atoms with Gasteiger partial charge in [0.1, 0.15) is 4.21 Å². The van der Waals surface area contributed by atoms with Crippen LogP contribution in [0.25, 0.3) is 10.8 Å². The number of sulfonamides is 1. The van der Waals surface area contributed by atoms with Gasteiger partial charge in [-0.1, -0.05) is 54.1 Å². The van der Waals surface area contributed by atoms with Crippen molar-refractivity contribution in [2.75, 3.05) is 13.1 Å². The predicted molar refractivity (Wildman–Crippen MR) is 147 cm³/mol. The molecule has 1 amide bonds. The molecule has 0 bridgehead atoms. The van der Waals surface area contributed by atoms with Gasteiger partial charge in [-0.2, -0.15) is 4.31 Å². The lowest BCUT2D eigenvalue weighted by atomic mass is 9.87. The Morgan fingerprint density at radius 1 is 0.919 bits per heavy atom. The van der Waals surface area contributed by atoms with Crippen molar-refractivity contribution in [1.29, 1.82) is 0 Å². The van der Waals surface area contributed by atoms with Gasteiger partial charge in [-0.3, -0.25) is 9.59 Å². The van der Waals surface area contributed by atoms with Crippen LogP contribution in [0.3, 0.4) is 0 Å². The number of halogens is 1. The van der Waals surface area contributed by atoms with Gasteiger partial charge in [0, 0.05) is 40.0 Å². The molecule has 1 aliphatic heterocycles. The molecule has 1 saturated heterocycles. The lowest BCUT2D eigenvalue weighted by molar-refractivity contribution is 0.0876. The zero-order valence-electron chi connectivity index (χ0n) is 19.9. The molecule has 0 aliphatic carbocycles.